The standard InChI is InChI=1S/C25H33N3O3/c1-30-23-11-14-28-19-21(23)8-4-5-13-27(18-20-7-6-12-26-17-20)15-16-31-24-10-3-2-9-22(24)25(28)29/h2-3,6-7,9-10,12,17,21,23H,4-5,8,11,13-16,18-19H2,1H3/t21-,23+/m1/s1. The predicted molar refractivity (Wildman–Crippen MR) is 120 cm³/mol. The van der Waals surface area contributed by atoms with Gasteiger partial charge in [-0.2, -0.15) is 0 Å². The SMILES string of the molecule is CO[C@H]1CCN2C[C@H]1CCCCN(Cc1cccnc1)CCOc1ccccc1C2=O. The van der Waals surface area contributed by atoms with Crippen LogP contribution >= 0.6 is 0 Å². The Morgan fingerprint density at radius 2 is 2.00 bits per heavy atom. The number of benzene rings is 1. The number of aromatic nitrogens is 1. The van der Waals surface area contributed by atoms with Crippen molar-refractivity contribution in [3.8, 4) is 5.75 Å². The Morgan fingerprint density at radius 1 is 1.10 bits per heavy atom. The van der Waals surface area contributed by atoms with Crippen molar-refractivity contribution >= 4 is 5.91 Å². The van der Waals surface area contributed by atoms with Crippen LogP contribution in [-0.2, 0) is 11.3 Å². The quantitative estimate of drug-likeness (QED) is 0.755. The second kappa shape index (κ2) is 10.7. The van der Waals surface area contributed by atoms with Gasteiger partial charge in [0, 0.05) is 51.6 Å². The number of piperidine rings is 1. The molecule has 6 nitrogen and oxygen atoms in total. The highest BCUT2D eigenvalue weighted by atomic mass is 16.5. The highest BCUT2D eigenvalue weighted by Crippen LogP contribution is 2.28. The average molecular weight is 424 g/mol. The summed E-state index contributed by atoms with van der Waals surface area (Å²) in [6, 6.07) is 11.7. The monoisotopic (exact) mass is 423 g/mol. The molecule has 2 aliphatic heterocycles. The number of nitrogens with zero attached hydrogens (tertiary/aromatic N) is 3. The van der Waals surface area contributed by atoms with Crippen molar-refractivity contribution in [3.05, 3.63) is 59.9 Å². The normalized spacial score (nSPS) is 23.5. The molecule has 1 fully saturated rings. The molecule has 0 aliphatic carbocycles. The number of carbonyl (C=O) groups is 1. The number of ether oxygens (including phenoxy) is 2. The lowest BCUT2D eigenvalue weighted by atomic mass is 9.89. The second-order valence-corrected chi connectivity index (χ2v) is 8.55. The Kier molecular flexibility index (Phi) is 7.54. The first-order chi connectivity index (χ1) is 15.2. The van der Waals surface area contributed by atoms with Gasteiger partial charge >= 0.3 is 0 Å². The van der Waals surface area contributed by atoms with E-state index in [-0.39, 0.29) is 12.0 Å². The van der Waals surface area contributed by atoms with Crippen molar-refractivity contribution in [2.75, 3.05) is 39.9 Å². The molecule has 0 unspecified atom stereocenters. The summed E-state index contributed by atoms with van der Waals surface area (Å²) in [5, 5.41) is 0. The zero-order valence-corrected chi connectivity index (χ0v) is 18.4. The number of pyridine rings is 1. The van der Waals surface area contributed by atoms with Crippen LogP contribution in [-0.4, -0.2) is 66.7 Å². The molecule has 1 aromatic heterocycles. The molecule has 166 valence electrons. The highest BCUT2D eigenvalue weighted by Gasteiger charge is 2.32. The Labute approximate surface area is 185 Å². The lowest BCUT2D eigenvalue weighted by molar-refractivity contribution is -0.00702. The minimum atomic E-state index is 0.0689. The summed E-state index contributed by atoms with van der Waals surface area (Å²) in [6.07, 6.45) is 8.20. The van der Waals surface area contributed by atoms with E-state index in [2.05, 4.69) is 16.0 Å². The number of para-hydroxylation sites is 1. The van der Waals surface area contributed by atoms with E-state index in [1.807, 2.05) is 47.6 Å². The van der Waals surface area contributed by atoms with Gasteiger partial charge in [-0.25, -0.2) is 0 Å². The van der Waals surface area contributed by atoms with Gasteiger partial charge in [0.05, 0.1) is 11.7 Å². The van der Waals surface area contributed by atoms with Crippen molar-refractivity contribution in [1.29, 1.82) is 0 Å². The molecule has 2 aliphatic rings. The van der Waals surface area contributed by atoms with Crippen molar-refractivity contribution < 1.29 is 14.3 Å². The van der Waals surface area contributed by atoms with E-state index in [0.29, 0.717) is 23.8 Å². The Morgan fingerprint density at radius 3 is 2.84 bits per heavy atom. The average Bonchev–Trinajstić information content (AvgIpc) is 2.81. The van der Waals surface area contributed by atoms with Gasteiger partial charge in [0.15, 0.2) is 0 Å². The van der Waals surface area contributed by atoms with Crippen LogP contribution < -0.4 is 4.74 Å². The zero-order chi connectivity index (χ0) is 21.5. The van der Waals surface area contributed by atoms with Crippen LogP contribution in [0.1, 0.15) is 41.6 Å². The van der Waals surface area contributed by atoms with Gasteiger partial charge < -0.3 is 14.4 Å². The van der Waals surface area contributed by atoms with Gasteiger partial charge in [-0.1, -0.05) is 24.6 Å². The van der Waals surface area contributed by atoms with Gasteiger partial charge in [-0.3, -0.25) is 14.7 Å². The van der Waals surface area contributed by atoms with Gasteiger partial charge in [-0.05, 0) is 49.6 Å². The molecule has 0 spiro atoms. The summed E-state index contributed by atoms with van der Waals surface area (Å²) >= 11 is 0. The first-order valence-electron chi connectivity index (χ1n) is 11.4. The van der Waals surface area contributed by atoms with E-state index < -0.39 is 0 Å². The van der Waals surface area contributed by atoms with Crippen molar-refractivity contribution in [3.63, 3.8) is 0 Å². The summed E-state index contributed by atoms with van der Waals surface area (Å²) in [4.78, 5) is 22.0. The topological polar surface area (TPSA) is 54.9 Å². The first kappa shape index (κ1) is 21.8. The molecule has 2 aromatic rings. The fourth-order valence-electron chi connectivity index (χ4n) is 4.77. The largest absolute Gasteiger partial charge is 0.491 e. The Bertz CT molecular complexity index is 845. The van der Waals surface area contributed by atoms with Crippen molar-refractivity contribution in [2.24, 2.45) is 5.92 Å². The van der Waals surface area contributed by atoms with E-state index in [1.165, 1.54) is 5.56 Å². The Balaban J connectivity index is 1.53. The summed E-state index contributed by atoms with van der Waals surface area (Å²) in [7, 11) is 1.80. The third-order valence-corrected chi connectivity index (χ3v) is 6.46. The van der Waals surface area contributed by atoms with Gasteiger partial charge in [0.1, 0.15) is 12.4 Å². The molecule has 2 bridgehead atoms. The maximum absolute atomic E-state index is 13.3. The maximum Gasteiger partial charge on any atom is 0.257 e. The summed E-state index contributed by atoms with van der Waals surface area (Å²) < 4.78 is 11.9. The van der Waals surface area contributed by atoms with Crippen LogP contribution in [0.25, 0.3) is 0 Å². The molecule has 6 heteroatoms. The third kappa shape index (κ3) is 5.63. The molecule has 4 rings (SSSR count). The summed E-state index contributed by atoms with van der Waals surface area (Å²) in [5.74, 6) is 1.13. The molecule has 1 amide bonds. The fraction of sp³-hybridized carbons (Fsp3) is 0.520. The number of hydrogen-bond donors (Lipinski definition) is 0. The molecule has 1 saturated heterocycles. The molecule has 0 N–H and O–H groups in total. The molecule has 3 heterocycles. The predicted octanol–water partition coefficient (Wildman–Crippen LogP) is 3.62. The molecule has 0 saturated carbocycles. The molecule has 31 heavy (non-hydrogen) atoms. The van der Waals surface area contributed by atoms with Crippen LogP contribution in [0.15, 0.2) is 48.8 Å². The number of amides is 1. The zero-order valence-electron chi connectivity index (χ0n) is 18.4. The van der Waals surface area contributed by atoms with E-state index in [0.717, 1.165) is 58.4 Å². The summed E-state index contributed by atoms with van der Waals surface area (Å²) in [5.41, 5.74) is 1.87. The van der Waals surface area contributed by atoms with Crippen molar-refractivity contribution in [1.82, 2.24) is 14.8 Å². The van der Waals surface area contributed by atoms with Crippen LogP contribution in [0.3, 0.4) is 0 Å². The minimum absolute atomic E-state index is 0.0689. The third-order valence-electron chi connectivity index (χ3n) is 6.46. The number of methoxy groups -OCH3 is 1. The van der Waals surface area contributed by atoms with E-state index in [1.54, 1.807) is 7.11 Å². The smallest absolute Gasteiger partial charge is 0.257 e. The number of hydrogen-bond acceptors (Lipinski definition) is 5. The highest BCUT2D eigenvalue weighted by molar-refractivity contribution is 5.97. The van der Waals surface area contributed by atoms with Crippen LogP contribution in [0.5, 0.6) is 5.75 Å². The maximum atomic E-state index is 13.3. The second-order valence-electron chi connectivity index (χ2n) is 8.55. The molecular formula is C25H33N3O3. The van der Waals surface area contributed by atoms with Crippen molar-refractivity contribution in [2.45, 2.75) is 38.3 Å². The minimum Gasteiger partial charge on any atom is -0.491 e. The number of fused-ring (bicyclic) bond motifs is 3. The molecule has 1 aromatic carbocycles. The fourth-order valence-corrected chi connectivity index (χ4v) is 4.77. The molecule has 0 radical (unpaired) electrons. The lowest BCUT2D eigenvalue weighted by Crippen LogP contribution is -2.46. The van der Waals surface area contributed by atoms with Gasteiger partial charge in [0.25, 0.3) is 5.91 Å². The first-order valence-corrected chi connectivity index (χ1v) is 11.4. The Hall–Kier alpha value is -2.44. The van der Waals surface area contributed by atoms with E-state index >= 15 is 0 Å². The summed E-state index contributed by atoms with van der Waals surface area (Å²) in [6.45, 7) is 4.74. The van der Waals surface area contributed by atoms with Gasteiger partial charge in [-0.15, -0.1) is 0 Å². The van der Waals surface area contributed by atoms with Crippen LogP contribution in [0.4, 0.5) is 0 Å². The van der Waals surface area contributed by atoms with E-state index in [4.69, 9.17) is 9.47 Å². The molecule has 2 atom stereocenters. The van der Waals surface area contributed by atoms with Crippen LogP contribution in [0.2, 0.25) is 0 Å². The van der Waals surface area contributed by atoms with Gasteiger partial charge in [0.2, 0.25) is 0 Å². The number of rotatable bonds is 3. The van der Waals surface area contributed by atoms with Crippen LogP contribution in [0, 0.1) is 5.92 Å². The van der Waals surface area contributed by atoms with E-state index in [9.17, 15) is 4.79 Å². The molecular weight excluding hydrogens is 390 g/mol. The number of carbonyl (C=O) groups excluding carboxylic acids is 1. The lowest BCUT2D eigenvalue weighted by Gasteiger charge is -2.38.